The van der Waals surface area contributed by atoms with Crippen molar-refractivity contribution < 1.29 is 4.39 Å². The maximum absolute atomic E-state index is 12.9. The number of aliphatic imine (C=N–C) groups is 1. The molecule has 1 aromatic rings. The van der Waals surface area contributed by atoms with Gasteiger partial charge in [-0.15, -0.1) is 35.7 Å². The van der Waals surface area contributed by atoms with Crippen molar-refractivity contribution in [3.63, 3.8) is 0 Å². The van der Waals surface area contributed by atoms with Crippen LogP contribution in [0.4, 0.5) is 4.39 Å². The predicted octanol–water partition coefficient (Wildman–Crippen LogP) is 4.11. The topological polar surface area (TPSA) is 39.7 Å². The molecule has 1 aliphatic heterocycles. The van der Waals surface area contributed by atoms with E-state index >= 15 is 0 Å². The molecule has 1 aliphatic carbocycles. The monoisotopic (exact) mass is 506 g/mol. The van der Waals surface area contributed by atoms with E-state index in [2.05, 4.69) is 20.5 Å². The van der Waals surface area contributed by atoms with Gasteiger partial charge < -0.3 is 15.5 Å². The average molecular weight is 506 g/mol. The van der Waals surface area contributed by atoms with Crippen molar-refractivity contribution in [3.8, 4) is 0 Å². The molecule has 7 heteroatoms. The Labute approximate surface area is 184 Å². The lowest BCUT2D eigenvalue weighted by Crippen LogP contribution is -2.50. The van der Waals surface area contributed by atoms with E-state index in [4.69, 9.17) is 0 Å². The first-order valence-electron chi connectivity index (χ1n) is 9.84. The SMILES string of the molecule is CN=C(NCCSc1ccc(F)cc1)NC1CCN(C2CCCC2)CC1.I. The van der Waals surface area contributed by atoms with Gasteiger partial charge in [0.15, 0.2) is 5.96 Å². The summed E-state index contributed by atoms with van der Waals surface area (Å²) >= 11 is 1.72. The highest BCUT2D eigenvalue weighted by Crippen LogP contribution is 2.26. The molecule has 1 saturated heterocycles. The number of likely N-dealkylation sites (tertiary alicyclic amines) is 1. The van der Waals surface area contributed by atoms with Gasteiger partial charge in [0.25, 0.3) is 0 Å². The third-order valence-electron chi connectivity index (χ3n) is 5.41. The molecule has 0 unspecified atom stereocenters. The molecule has 2 aliphatic rings. The maximum atomic E-state index is 12.9. The van der Waals surface area contributed by atoms with Crippen LogP contribution in [0.5, 0.6) is 0 Å². The van der Waals surface area contributed by atoms with Crippen LogP contribution in [-0.4, -0.2) is 55.4 Å². The van der Waals surface area contributed by atoms with E-state index in [-0.39, 0.29) is 29.8 Å². The third-order valence-corrected chi connectivity index (χ3v) is 6.43. The van der Waals surface area contributed by atoms with Gasteiger partial charge in [-0.3, -0.25) is 4.99 Å². The molecule has 0 amide bonds. The molecule has 0 atom stereocenters. The number of thioether (sulfide) groups is 1. The summed E-state index contributed by atoms with van der Waals surface area (Å²) < 4.78 is 12.9. The molecule has 0 bridgehead atoms. The van der Waals surface area contributed by atoms with Crippen molar-refractivity contribution in [3.05, 3.63) is 30.1 Å². The fourth-order valence-electron chi connectivity index (χ4n) is 3.94. The van der Waals surface area contributed by atoms with Gasteiger partial charge in [0.05, 0.1) is 0 Å². The smallest absolute Gasteiger partial charge is 0.191 e. The molecule has 0 spiro atoms. The van der Waals surface area contributed by atoms with Gasteiger partial charge in [0.1, 0.15) is 5.82 Å². The van der Waals surface area contributed by atoms with Crippen LogP contribution in [0, 0.1) is 5.82 Å². The molecule has 1 heterocycles. The number of halogens is 2. The lowest BCUT2D eigenvalue weighted by atomic mass is 10.0. The Bertz CT molecular complexity index is 570. The summed E-state index contributed by atoms with van der Waals surface area (Å²) in [5, 5.41) is 6.97. The van der Waals surface area contributed by atoms with E-state index in [0.717, 1.165) is 29.2 Å². The Morgan fingerprint density at radius 3 is 2.44 bits per heavy atom. The standard InChI is InChI=1S/C20H31FN4S.HI/c1-22-20(23-12-15-26-19-8-6-16(21)7-9-19)24-17-10-13-25(14-11-17)18-4-2-3-5-18;/h6-9,17-18H,2-5,10-15H2,1H3,(H2,22,23,24);1H. The summed E-state index contributed by atoms with van der Waals surface area (Å²) in [7, 11) is 1.83. The minimum atomic E-state index is -0.184. The van der Waals surface area contributed by atoms with Crippen molar-refractivity contribution >= 4 is 41.7 Å². The Morgan fingerprint density at radius 1 is 1.15 bits per heavy atom. The van der Waals surface area contributed by atoms with E-state index in [9.17, 15) is 4.39 Å². The highest BCUT2D eigenvalue weighted by Gasteiger charge is 2.27. The zero-order chi connectivity index (χ0) is 18.2. The minimum Gasteiger partial charge on any atom is -0.356 e. The lowest BCUT2D eigenvalue weighted by molar-refractivity contribution is 0.150. The second-order valence-corrected chi connectivity index (χ2v) is 8.36. The average Bonchev–Trinajstić information content (AvgIpc) is 3.21. The quantitative estimate of drug-likeness (QED) is 0.200. The van der Waals surface area contributed by atoms with Gasteiger partial charge in [-0.1, -0.05) is 12.8 Å². The first-order chi connectivity index (χ1) is 12.7. The fraction of sp³-hybridized carbons (Fsp3) is 0.650. The summed E-state index contributed by atoms with van der Waals surface area (Å²) in [5.41, 5.74) is 0. The van der Waals surface area contributed by atoms with Crippen LogP contribution < -0.4 is 10.6 Å². The zero-order valence-electron chi connectivity index (χ0n) is 16.1. The first-order valence-corrected chi connectivity index (χ1v) is 10.8. The number of hydrogen-bond acceptors (Lipinski definition) is 3. The summed E-state index contributed by atoms with van der Waals surface area (Å²) in [6.07, 6.45) is 8.01. The van der Waals surface area contributed by atoms with Crippen LogP contribution in [0.1, 0.15) is 38.5 Å². The molecular weight excluding hydrogens is 474 g/mol. The molecule has 2 fully saturated rings. The van der Waals surface area contributed by atoms with Crippen molar-refractivity contribution in [1.82, 2.24) is 15.5 Å². The van der Waals surface area contributed by atoms with Gasteiger partial charge in [0.2, 0.25) is 0 Å². The highest BCUT2D eigenvalue weighted by molar-refractivity contribution is 14.0. The van der Waals surface area contributed by atoms with Crippen LogP contribution in [0.2, 0.25) is 0 Å². The fourth-order valence-corrected chi connectivity index (χ4v) is 4.70. The van der Waals surface area contributed by atoms with Crippen LogP contribution in [0.3, 0.4) is 0 Å². The first kappa shape index (κ1) is 22.7. The maximum Gasteiger partial charge on any atom is 0.191 e. The number of nitrogens with zero attached hydrogens (tertiary/aromatic N) is 2. The molecule has 0 radical (unpaired) electrons. The van der Waals surface area contributed by atoms with Crippen molar-refractivity contribution in [2.45, 2.75) is 55.5 Å². The van der Waals surface area contributed by atoms with E-state index in [1.54, 1.807) is 11.8 Å². The molecule has 2 N–H and O–H groups in total. The summed E-state index contributed by atoms with van der Waals surface area (Å²) in [4.78, 5) is 8.14. The van der Waals surface area contributed by atoms with Crippen molar-refractivity contribution in [2.75, 3.05) is 32.4 Å². The molecule has 152 valence electrons. The molecule has 1 saturated carbocycles. The number of nitrogens with one attached hydrogen (secondary N) is 2. The molecular formula is C20H32FIN4S. The van der Waals surface area contributed by atoms with Gasteiger partial charge >= 0.3 is 0 Å². The molecule has 1 aromatic carbocycles. The second kappa shape index (κ2) is 12.1. The molecule has 27 heavy (non-hydrogen) atoms. The van der Waals surface area contributed by atoms with E-state index < -0.39 is 0 Å². The van der Waals surface area contributed by atoms with Gasteiger partial charge in [-0.05, 0) is 49.9 Å². The van der Waals surface area contributed by atoms with E-state index in [0.29, 0.717) is 6.04 Å². The molecule has 4 nitrogen and oxygen atoms in total. The number of hydrogen-bond donors (Lipinski definition) is 2. The Morgan fingerprint density at radius 2 is 1.81 bits per heavy atom. The van der Waals surface area contributed by atoms with Gasteiger partial charge in [-0.2, -0.15) is 0 Å². The summed E-state index contributed by atoms with van der Waals surface area (Å²) in [5.74, 6) is 1.63. The van der Waals surface area contributed by atoms with Crippen LogP contribution in [0.25, 0.3) is 0 Å². The third kappa shape index (κ3) is 7.42. The largest absolute Gasteiger partial charge is 0.356 e. The predicted molar refractivity (Wildman–Crippen MR) is 124 cm³/mol. The summed E-state index contributed by atoms with van der Waals surface area (Å²) in [6.45, 7) is 3.25. The Hall–Kier alpha value is -0.540. The number of guanidine groups is 1. The lowest BCUT2D eigenvalue weighted by Gasteiger charge is -2.36. The molecule has 0 aromatic heterocycles. The number of piperidine rings is 1. The van der Waals surface area contributed by atoms with Crippen LogP contribution in [-0.2, 0) is 0 Å². The minimum absolute atomic E-state index is 0. The number of benzene rings is 1. The molecule has 3 rings (SSSR count). The van der Waals surface area contributed by atoms with E-state index in [1.807, 2.05) is 19.2 Å². The van der Waals surface area contributed by atoms with Crippen molar-refractivity contribution in [1.29, 1.82) is 0 Å². The van der Waals surface area contributed by atoms with E-state index in [1.165, 1.54) is 63.7 Å². The Balaban J connectivity index is 0.00000261. The Kier molecular flexibility index (Phi) is 10.2. The zero-order valence-corrected chi connectivity index (χ0v) is 19.3. The van der Waals surface area contributed by atoms with Gasteiger partial charge in [0, 0.05) is 49.4 Å². The normalized spacial score (nSPS) is 19.7. The highest BCUT2D eigenvalue weighted by atomic mass is 127. The van der Waals surface area contributed by atoms with Crippen molar-refractivity contribution in [2.24, 2.45) is 4.99 Å². The van der Waals surface area contributed by atoms with Gasteiger partial charge in [-0.25, -0.2) is 4.39 Å². The van der Waals surface area contributed by atoms with Crippen LogP contribution in [0.15, 0.2) is 34.2 Å². The van der Waals surface area contributed by atoms with Crippen LogP contribution >= 0.6 is 35.7 Å². The summed E-state index contributed by atoms with van der Waals surface area (Å²) in [6, 6.07) is 8.03. The number of rotatable bonds is 6. The second-order valence-electron chi connectivity index (χ2n) is 7.19.